The summed E-state index contributed by atoms with van der Waals surface area (Å²) in [6.45, 7) is 2.35. The number of aryl methyl sites for hydroxylation is 1. The maximum atomic E-state index is 11.8. The summed E-state index contributed by atoms with van der Waals surface area (Å²) in [7, 11) is 1.75. The summed E-state index contributed by atoms with van der Waals surface area (Å²) >= 11 is 0. The summed E-state index contributed by atoms with van der Waals surface area (Å²) in [5, 5.41) is 6.68. The molecule has 0 saturated heterocycles. The van der Waals surface area contributed by atoms with Gasteiger partial charge in [-0.15, -0.1) is 0 Å². The molecule has 1 heterocycles. The standard InChI is InChI=1S/C14H17N3O3/c1-3-19-11-6-4-5-7-12(11)20-10-14(18)16-13-8-9-15-17(13)2/h4-9H,3,10H2,1-2H3,(H,16,18). The van der Waals surface area contributed by atoms with Gasteiger partial charge in [0.1, 0.15) is 5.82 Å². The summed E-state index contributed by atoms with van der Waals surface area (Å²) in [5.41, 5.74) is 0. The Balaban J connectivity index is 1.92. The normalized spacial score (nSPS) is 10.1. The Hall–Kier alpha value is -2.50. The molecule has 0 fully saturated rings. The van der Waals surface area contributed by atoms with E-state index in [4.69, 9.17) is 9.47 Å². The van der Waals surface area contributed by atoms with Crippen LogP contribution in [0.25, 0.3) is 0 Å². The number of ether oxygens (including phenoxy) is 2. The van der Waals surface area contributed by atoms with Crippen molar-refractivity contribution in [3.63, 3.8) is 0 Å². The van der Waals surface area contributed by atoms with E-state index in [1.165, 1.54) is 0 Å². The Morgan fingerprint density at radius 3 is 2.55 bits per heavy atom. The number of hydrogen-bond donors (Lipinski definition) is 1. The minimum Gasteiger partial charge on any atom is -0.490 e. The van der Waals surface area contributed by atoms with Crippen LogP contribution in [0.1, 0.15) is 6.92 Å². The molecule has 0 bridgehead atoms. The van der Waals surface area contributed by atoms with Crippen LogP contribution in [0.5, 0.6) is 11.5 Å². The Morgan fingerprint density at radius 2 is 1.95 bits per heavy atom. The molecule has 1 aromatic heterocycles. The summed E-state index contributed by atoms with van der Waals surface area (Å²) in [6, 6.07) is 8.97. The monoisotopic (exact) mass is 275 g/mol. The lowest BCUT2D eigenvalue weighted by molar-refractivity contribution is -0.118. The number of benzene rings is 1. The third-order valence-corrected chi connectivity index (χ3v) is 2.60. The number of nitrogens with one attached hydrogen (secondary N) is 1. The second-order valence-corrected chi connectivity index (χ2v) is 4.06. The molecular weight excluding hydrogens is 258 g/mol. The molecule has 6 heteroatoms. The fraction of sp³-hybridized carbons (Fsp3) is 0.286. The van der Waals surface area contributed by atoms with Crippen molar-refractivity contribution in [3.05, 3.63) is 36.5 Å². The molecule has 1 aromatic carbocycles. The molecule has 0 aliphatic rings. The number of aromatic nitrogens is 2. The van der Waals surface area contributed by atoms with Crippen LogP contribution >= 0.6 is 0 Å². The average molecular weight is 275 g/mol. The smallest absolute Gasteiger partial charge is 0.263 e. The minimum atomic E-state index is -0.250. The largest absolute Gasteiger partial charge is 0.490 e. The molecule has 106 valence electrons. The van der Waals surface area contributed by atoms with Crippen LogP contribution in [0.3, 0.4) is 0 Å². The topological polar surface area (TPSA) is 65.4 Å². The van der Waals surface area contributed by atoms with Gasteiger partial charge in [0, 0.05) is 13.1 Å². The number of nitrogens with zero attached hydrogens (tertiary/aromatic N) is 2. The molecule has 0 unspecified atom stereocenters. The summed E-state index contributed by atoms with van der Waals surface area (Å²) in [5.74, 6) is 1.55. The van der Waals surface area contributed by atoms with E-state index in [2.05, 4.69) is 10.4 Å². The van der Waals surface area contributed by atoms with Crippen LogP contribution in [0.2, 0.25) is 0 Å². The van der Waals surface area contributed by atoms with E-state index >= 15 is 0 Å². The number of carbonyl (C=O) groups excluding carboxylic acids is 1. The molecule has 0 radical (unpaired) electrons. The summed E-state index contributed by atoms with van der Waals surface area (Å²) in [4.78, 5) is 11.8. The minimum absolute atomic E-state index is 0.0880. The highest BCUT2D eigenvalue weighted by molar-refractivity contribution is 5.91. The van der Waals surface area contributed by atoms with Gasteiger partial charge in [-0.25, -0.2) is 0 Å². The number of para-hydroxylation sites is 2. The molecule has 6 nitrogen and oxygen atoms in total. The van der Waals surface area contributed by atoms with Crippen molar-refractivity contribution in [2.75, 3.05) is 18.5 Å². The van der Waals surface area contributed by atoms with Gasteiger partial charge in [0.25, 0.3) is 5.91 Å². The van der Waals surface area contributed by atoms with E-state index in [-0.39, 0.29) is 12.5 Å². The van der Waals surface area contributed by atoms with Gasteiger partial charge in [0.2, 0.25) is 0 Å². The molecule has 2 rings (SSSR count). The lowest BCUT2D eigenvalue weighted by atomic mass is 10.3. The molecule has 1 amide bonds. The van der Waals surface area contributed by atoms with Crippen LogP contribution < -0.4 is 14.8 Å². The zero-order valence-electron chi connectivity index (χ0n) is 11.5. The first-order valence-electron chi connectivity index (χ1n) is 6.33. The van der Waals surface area contributed by atoms with Crippen molar-refractivity contribution in [2.24, 2.45) is 7.05 Å². The number of carbonyl (C=O) groups is 1. The Kier molecular flexibility index (Phi) is 4.60. The molecule has 20 heavy (non-hydrogen) atoms. The van der Waals surface area contributed by atoms with Crippen molar-refractivity contribution in [2.45, 2.75) is 6.92 Å². The van der Waals surface area contributed by atoms with Gasteiger partial charge >= 0.3 is 0 Å². The van der Waals surface area contributed by atoms with Crippen LogP contribution in [0.4, 0.5) is 5.82 Å². The molecule has 0 aliphatic heterocycles. The molecular formula is C14H17N3O3. The third kappa shape index (κ3) is 3.50. The van der Waals surface area contributed by atoms with Crippen LogP contribution in [0, 0.1) is 0 Å². The van der Waals surface area contributed by atoms with E-state index in [1.807, 2.05) is 19.1 Å². The van der Waals surface area contributed by atoms with E-state index < -0.39 is 0 Å². The molecule has 1 N–H and O–H groups in total. The first-order chi connectivity index (χ1) is 9.70. The number of rotatable bonds is 6. The van der Waals surface area contributed by atoms with Gasteiger partial charge < -0.3 is 14.8 Å². The summed E-state index contributed by atoms with van der Waals surface area (Å²) in [6.07, 6.45) is 1.61. The van der Waals surface area contributed by atoms with Gasteiger partial charge in [-0.3, -0.25) is 9.48 Å². The Labute approximate surface area is 117 Å². The second-order valence-electron chi connectivity index (χ2n) is 4.06. The predicted octanol–water partition coefficient (Wildman–Crippen LogP) is 1.84. The number of anilines is 1. The summed E-state index contributed by atoms with van der Waals surface area (Å²) < 4.78 is 12.5. The fourth-order valence-electron chi connectivity index (χ4n) is 1.66. The van der Waals surface area contributed by atoms with Crippen LogP contribution in [-0.4, -0.2) is 28.9 Å². The highest BCUT2D eigenvalue weighted by atomic mass is 16.5. The quantitative estimate of drug-likeness (QED) is 0.873. The highest BCUT2D eigenvalue weighted by Crippen LogP contribution is 2.26. The van der Waals surface area contributed by atoms with Crippen LogP contribution in [-0.2, 0) is 11.8 Å². The zero-order valence-corrected chi connectivity index (χ0v) is 11.5. The van der Waals surface area contributed by atoms with Gasteiger partial charge in [0.05, 0.1) is 12.8 Å². The SMILES string of the molecule is CCOc1ccccc1OCC(=O)Nc1ccnn1C. The van der Waals surface area contributed by atoms with E-state index in [9.17, 15) is 4.79 Å². The van der Waals surface area contributed by atoms with Crippen LogP contribution in [0.15, 0.2) is 36.5 Å². The highest BCUT2D eigenvalue weighted by Gasteiger charge is 2.08. The van der Waals surface area contributed by atoms with E-state index in [0.717, 1.165) is 0 Å². The molecule has 2 aromatic rings. The Morgan fingerprint density at radius 1 is 1.25 bits per heavy atom. The van der Waals surface area contributed by atoms with E-state index in [0.29, 0.717) is 23.9 Å². The van der Waals surface area contributed by atoms with Gasteiger partial charge in [-0.2, -0.15) is 5.10 Å². The second kappa shape index (κ2) is 6.60. The van der Waals surface area contributed by atoms with Crippen molar-refractivity contribution in [1.29, 1.82) is 0 Å². The zero-order chi connectivity index (χ0) is 14.4. The third-order valence-electron chi connectivity index (χ3n) is 2.60. The first kappa shape index (κ1) is 13.9. The van der Waals surface area contributed by atoms with Gasteiger partial charge in [0.15, 0.2) is 18.1 Å². The molecule has 0 saturated carbocycles. The lowest BCUT2D eigenvalue weighted by Crippen LogP contribution is -2.21. The maximum absolute atomic E-state index is 11.8. The van der Waals surface area contributed by atoms with Gasteiger partial charge in [-0.1, -0.05) is 12.1 Å². The lowest BCUT2D eigenvalue weighted by Gasteiger charge is -2.11. The number of amides is 1. The van der Waals surface area contributed by atoms with Crippen molar-refractivity contribution in [3.8, 4) is 11.5 Å². The van der Waals surface area contributed by atoms with Crippen molar-refractivity contribution < 1.29 is 14.3 Å². The fourth-order valence-corrected chi connectivity index (χ4v) is 1.66. The maximum Gasteiger partial charge on any atom is 0.263 e. The first-order valence-corrected chi connectivity index (χ1v) is 6.33. The number of hydrogen-bond acceptors (Lipinski definition) is 4. The average Bonchev–Trinajstić information content (AvgIpc) is 2.84. The van der Waals surface area contributed by atoms with Gasteiger partial charge in [-0.05, 0) is 19.1 Å². The van der Waals surface area contributed by atoms with E-state index in [1.54, 1.807) is 36.1 Å². The Bertz CT molecular complexity index is 581. The predicted molar refractivity (Wildman–Crippen MR) is 74.9 cm³/mol. The molecule has 0 aliphatic carbocycles. The molecule has 0 atom stereocenters. The van der Waals surface area contributed by atoms with Crippen molar-refractivity contribution >= 4 is 11.7 Å². The molecule has 0 spiro atoms. The van der Waals surface area contributed by atoms with Crippen molar-refractivity contribution in [1.82, 2.24) is 9.78 Å².